The largest absolute Gasteiger partial charge is 0.425 e. The molecule has 0 bridgehead atoms. The Morgan fingerprint density at radius 2 is 1.82 bits per heavy atom. The highest BCUT2D eigenvalue weighted by Crippen LogP contribution is 2.10. The summed E-state index contributed by atoms with van der Waals surface area (Å²) >= 11 is 0. The number of nitrogens with two attached hydrogens (primary N) is 1. The Kier molecular flexibility index (Phi) is 6.26. The van der Waals surface area contributed by atoms with Gasteiger partial charge in [-0.1, -0.05) is 37.3 Å². The lowest BCUT2D eigenvalue weighted by molar-refractivity contribution is 0.515. The summed E-state index contributed by atoms with van der Waals surface area (Å²) in [6.45, 7) is 3.40. The second-order valence-electron chi connectivity index (χ2n) is 4.72. The van der Waals surface area contributed by atoms with Crippen molar-refractivity contribution in [2.75, 3.05) is 18.4 Å². The molecule has 0 heterocycles. The fourth-order valence-corrected chi connectivity index (χ4v) is 1.92. The van der Waals surface area contributed by atoms with E-state index in [4.69, 9.17) is 10.6 Å². The number of aryl methyl sites for hydroxylation is 1. The van der Waals surface area contributed by atoms with Gasteiger partial charge in [0, 0.05) is 12.2 Å². The molecule has 0 amide bonds. The molecule has 2 aromatic rings. The minimum absolute atomic E-state index is 0.300. The highest BCUT2D eigenvalue weighted by molar-refractivity contribution is 5.75. The number of nitrogens with one attached hydrogen (secondary N) is 2. The summed E-state index contributed by atoms with van der Waals surface area (Å²) in [4.78, 5) is 4.28. The second-order valence-corrected chi connectivity index (χ2v) is 4.72. The Bertz CT molecular complexity index is 581. The van der Waals surface area contributed by atoms with Gasteiger partial charge in [0.2, 0.25) is 0 Å². The first-order chi connectivity index (χ1) is 10.8. The number of hydrazine groups is 1. The average molecular weight is 298 g/mol. The number of anilines is 1. The van der Waals surface area contributed by atoms with Crippen LogP contribution < -0.4 is 21.3 Å². The summed E-state index contributed by atoms with van der Waals surface area (Å²) in [5.74, 6) is 6.12. The van der Waals surface area contributed by atoms with Crippen molar-refractivity contribution in [3.63, 3.8) is 0 Å². The summed E-state index contributed by atoms with van der Waals surface area (Å²) in [7, 11) is 0. The van der Waals surface area contributed by atoms with Crippen LogP contribution >= 0.6 is 0 Å². The SMILES string of the molecule is CCc1ccc(NCCN=C(NN)Oc2ccccc2)cc1. The van der Waals surface area contributed by atoms with E-state index in [0.29, 0.717) is 24.9 Å². The minimum Gasteiger partial charge on any atom is -0.425 e. The van der Waals surface area contributed by atoms with E-state index in [1.54, 1.807) is 0 Å². The maximum Gasteiger partial charge on any atom is 0.304 e. The number of hydrogen-bond donors (Lipinski definition) is 3. The topological polar surface area (TPSA) is 71.7 Å². The zero-order valence-corrected chi connectivity index (χ0v) is 12.8. The normalized spacial score (nSPS) is 11.1. The summed E-state index contributed by atoms with van der Waals surface area (Å²) in [6.07, 6.45) is 1.05. The molecule has 5 nitrogen and oxygen atoms in total. The Labute approximate surface area is 131 Å². The van der Waals surface area contributed by atoms with Gasteiger partial charge in [-0.15, -0.1) is 0 Å². The number of amidine groups is 1. The molecule has 0 saturated carbocycles. The number of ether oxygens (including phenoxy) is 1. The van der Waals surface area contributed by atoms with E-state index in [0.717, 1.165) is 12.1 Å². The first kappa shape index (κ1) is 15.9. The molecule has 0 aliphatic carbocycles. The minimum atomic E-state index is 0.300. The number of rotatable bonds is 6. The van der Waals surface area contributed by atoms with E-state index in [1.807, 2.05) is 30.3 Å². The lowest BCUT2D eigenvalue weighted by Crippen LogP contribution is -2.35. The summed E-state index contributed by atoms with van der Waals surface area (Å²) in [5, 5.41) is 3.31. The van der Waals surface area contributed by atoms with E-state index < -0.39 is 0 Å². The van der Waals surface area contributed by atoms with Crippen LogP contribution in [0.5, 0.6) is 5.75 Å². The number of para-hydroxylation sites is 1. The van der Waals surface area contributed by atoms with Crippen molar-refractivity contribution in [1.82, 2.24) is 5.43 Å². The third-order valence-electron chi connectivity index (χ3n) is 3.14. The highest BCUT2D eigenvalue weighted by atomic mass is 16.5. The molecule has 116 valence electrons. The van der Waals surface area contributed by atoms with Crippen molar-refractivity contribution in [3.05, 3.63) is 60.2 Å². The van der Waals surface area contributed by atoms with Gasteiger partial charge >= 0.3 is 6.02 Å². The molecular formula is C17H22N4O. The van der Waals surface area contributed by atoms with Crippen LogP contribution in [0.3, 0.4) is 0 Å². The van der Waals surface area contributed by atoms with Crippen molar-refractivity contribution in [2.24, 2.45) is 10.8 Å². The van der Waals surface area contributed by atoms with E-state index >= 15 is 0 Å². The fraction of sp³-hybridized carbons (Fsp3) is 0.235. The fourth-order valence-electron chi connectivity index (χ4n) is 1.92. The second kappa shape index (κ2) is 8.69. The third-order valence-corrected chi connectivity index (χ3v) is 3.14. The van der Waals surface area contributed by atoms with Gasteiger partial charge in [0.1, 0.15) is 5.75 Å². The zero-order valence-electron chi connectivity index (χ0n) is 12.8. The van der Waals surface area contributed by atoms with E-state index in [9.17, 15) is 0 Å². The smallest absolute Gasteiger partial charge is 0.304 e. The third kappa shape index (κ3) is 5.10. The molecular weight excluding hydrogens is 276 g/mol. The lowest BCUT2D eigenvalue weighted by atomic mass is 10.1. The molecule has 0 aliphatic rings. The molecule has 0 spiro atoms. The molecule has 0 fully saturated rings. The van der Waals surface area contributed by atoms with Crippen LogP contribution in [0.25, 0.3) is 0 Å². The molecule has 5 heteroatoms. The van der Waals surface area contributed by atoms with Gasteiger partial charge in [-0.3, -0.25) is 5.43 Å². The summed E-state index contributed by atoms with van der Waals surface area (Å²) < 4.78 is 5.53. The maximum absolute atomic E-state index is 5.53. The van der Waals surface area contributed by atoms with E-state index in [-0.39, 0.29) is 0 Å². The number of benzene rings is 2. The van der Waals surface area contributed by atoms with Gasteiger partial charge in [-0.05, 0) is 36.2 Å². The molecule has 4 N–H and O–H groups in total. The van der Waals surface area contributed by atoms with Gasteiger partial charge in [0.15, 0.2) is 0 Å². The van der Waals surface area contributed by atoms with Crippen molar-refractivity contribution in [1.29, 1.82) is 0 Å². The Morgan fingerprint density at radius 1 is 1.09 bits per heavy atom. The average Bonchev–Trinajstić information content (AvgIpc) is 2.59. The van der Waals surface area contributed by atoms with Gasteiger partial charge in [-0.2, -0.15) is 0 Å². The van der Waals surface area contributed by atoms with Crippen LogP contribution in [0.2, 0.25) is 0 Å². The van der Waals surface area contributed by atoms with Crippen LogP contribution in [-0.2, 0) is 6.42 Å². The molecule has 0 radical (unpaired) electrons. The number of aliphatic imine (C=N–C) groups is 1. The highest BCUT2D eigenvalue weighted by Gasteiger charge is 1.99. The Morgan fingerprint density at radius 3 is 2.45 bits per heavy atom. The summed E-state index contributed by atoms with van der Waals surface area (Å²) in [5.41, 5.74) is 4.87. The standard InChI is InChI=1S/C17H22N4O/c1-2-14-8-10-15(11-9-14)19-12-13-20-17(21-18)22-16-6-4-3-5-7-16/h3-11,19H,2,12-13,18H2,1H3,(H,20,21). The van der Waals surface area contributed by atoms with Gasteiger partial charge in [0.25, 0.3) is 0 Å². The van der Waals surface area contributed by atoms with E-state index in [2.05, 4.69) is 46.9 Å². The molecule has 0 unspecified atom stereocenters. The van der Waals surface area contributed by atoms with Crippen molar-refractivity contribution in [2.45, 2.75) is 13.3 Å². The predicted molar refractivity (Wildman–Crippen MR) is 91.0 cm³/mol. The molecule has 2 aromatic carbocycles. The van der Waals surface area contributed by atoms with Crippen LogP contribution in [0, 0.1) is 0 Å². The number of hydrogen-bond acceptors (Lipinski definition) is 4. The predicted octanol–water partition coefficient (Wildman–Crippen LogP) is 2.56. The van der Waals surface area contributed by atoms with Gasteiger partial charge in [0.05, 0.1) is 6.54 Å². The van der Waals surface area contributed by atoms with Crippen LogP contribution in [0.15, 0.2) is 59.6 Å². The van der Waals surface area contributed by atoms with Crippen LogP contribution in [0.4, 0.5) is 5.69 Å². The van der Waals surface area contributed by atoms with Gasteiger partial charge < -0.3 is 10.1 Å². The van der Waals surface area contributed by atoms with Crippen molar-refractivity contribution in [3.8, 4) is 5.75 Å². The van der Waals surface area contributed by atoms with Crippen molar-refractivity contribution < 1.29 is 4.74 Å². The Hall–Kier alpha value is -2.53. The quantitative estimate of drug-likeness (QED) is 0.252. The zero-order chi connectivity index (χ0) is 15.6. The molecule has 22 heavy (non-hydrogen) atoms. The molecule has 0 saturated heterocycles. The lowest BCUT2D eigenvalue weighted by Gasteiger charge is -2.08. The molecule has 0 aromatic heterocycles. The maximum atomic E-state index is 5.53. The first-order valence-corrected chi connectivity index (χ1v) is 7.38. The van der Waals surface area contributed by atoms with E-state index in [1.165, 1.54) is 5.56 Å². The first-order valence-electron chi connectivity index (χ1n) is 7.38. The number of nitrogens with zero attached hydrogens (tertiary/aromatic N) is 1. The van der Waals surface area contributed by atoms with Crippen LogP contribution in [-0.4, -0.2) is 19.1 Å². The molecule has 0 atom stereocenters. The summed E-state index contributed by atoms with van der Waals surface area (Å²) in [6, 6.07) is 18.1. The van der Waals surface area contributed by atoms with Crippen LogP contribution in [0.1, 0.15) is 12.5 Å². The van der Waals surface area contributed by atoms with Gasteiger partial charge in [-0.25, -0.2) is 10.8 Å². The Balaban J connectivity index is 1.79. The molecule has 2 rings (SSSR count). The molecule has 0 aliphatic heterocycles. The van der Waals surface area contributed by atoms with Crippen molar-refractivity contribution >= 4 is 11.7 Å². The monoisotopic (exact) mass is 298 g/mol.